The summed E-state index contributed by atoms with van der Waals surface area (Å²) in [7, 11) is 0. The smallest absolute Gasteiger partial charge is 0.193 e. The van der Waals surface area contributed by atoms with Crippen molar-refractivity contribution in [2.24, 2.45) is 0 Å². The van der Waals surface area contributed by atoms with Gasteiger partial charge in [0, 0.05) is 67.5 Å². The summed E-state index contributed by atoms with van der Waals surface area (Å²) in [6.07, 6.45) is 12.5. The molecule has 0 N–H and O–H groups in total. The maximum Gasteiger partial charge on any atom is 0.193 e. The van der Waals surface area contributed by atoms with E-state index in [9.17, 15) is 10.1 Å². The molecule has 1 spiro atoms. The zero-order valence-corrected chi connectivity index (χ0v) is 21.2. The van der Waals surface area contributed by atoms with Gasteiger partial charge < -0.3 is 9.64 Å². The quantitative estimate of drug-likeness (QED) is 0.583. The van der Waals surface area contributed by atoms with Crippen LogP contribution in [0.3, 0.4) is 0 Å². The Hall–Kier alpha value is -3.38. The Morgan fingerprint density at radius 2 is 1.81 bits per heavy atom. The predicted octanol–water partition coefficient (Wildman–Crippen LogP) is 4.47. The molecule has 37 heavy (non-hydrogen) atoms. The van der Waals surface area contributed by atoms with E-state index < -0.39 is 0 Å². The number of benzene rings is 2. The SMILES string of the molecule is C#Cc1cc2c(cc1N1CCN(C3CCC3)CC1)C1(CCOCC1)C1=C(C2=O)c2ccc(C#N)cc2C1. The number of fused-ring (bicyclic) bond motifs is 5. The highest BCUT2D eigenvalue weighted by atomic mass is 16.5. The lowest BCUT2D eigenvalue weighted by atomic mass is 9.62. The number of Topliss-reactive ketones (excluding diaryl/α,β-unsaturated/α-hetero) is 1. The summed E-state index contributed by atoms with van der Waals surface area (Å²) in [4.78, 5) is 19.2. The predicted molar refractivity (Wildman–Crippen MR) is 144 cm³/mol. The van der Waals surface area contributed by atoms with E-state index in [4.69, 9.17) is 11.2 Å². The number of rotatable bonds is 2. The van der Waals surface area contributed by atoms with E-state index in [1.54, 1.807) is 0 Å². The van der Waals surface area contributed by atoms with Gasteiger partial charge in [-0.05, 0) is 78.6 Å². The molecule has 0 unspecified atom stereocenters. The minimum atomic E-state index is -0.238. The first-order valence-corrected chi connectivity index (χ1v) is 13.7. The van der Waals surface area contributed by atoms with Crippen molar-refractivity contribution < 1.29 is 9.53 Å². The summed E-state index contributed by atoms with van der Waals surface area (Å²) < 4.78 is 5.84. The second kappa shape index (κ2) is 8.59. The Labute approximate surface area is 218 Å². The minimum absolute atomic E-state index is 0.0726. The van der Waals surface area contributed by atoms with Gasteiger partial charge in [-0.1, -0.05) is 18.4 Å². The average molecular weight is 490 g/mol. The lowest BCUT2D eigenvalue weighted by molar-refractivity contribution is 0.0603. The molecule has 3 aliphatic carbocycles. The molecule has 5 aliphatic rings. The van der Waals surface area contributed by atoms with E-state index in [2.05, 4.69) is 27.9 Å². The highest BCUT2D eigenvalue weighted by molar-refractivity contribution is 6.33. The fourth-order valence-electron chi connectivity index (χ4n) is 7.38. The molecule has 2 aliphatic heterocycles. The first-order chi connectivity index (χ1) is 18.1. The monoisotopic (exact) mass is 489 g/mol. The van der Waals surface area contributed by atoms with Gasteiger partial charge in [-0.3, -0.25) is 9.69 Å². The number of nitriles is 1. The number of carbonyl (C=O) groups excluding carboxylic acids is 1. The van der Waals surface area contributed by atoms with Crippen molar-refractivity contribution in [3.05, 3.63) is 69.3 Å². The molecule has 0 radical (unpaired) electrons. The molecule has 2 aromatic rings. The Balaban J connectivity index is 1.33. The van der Waals surface area contributed by atoms with Crippen LogP contribution in [-0.2, 0) is 16.6 Å². The number of nitrogens with zero attached hydrogens (tertiary/aromatic N) is 3. The zero-order valence-electron chi connectivity index (χ0n) is 21.2. The van der Waals surface area contributed by atoms with Gasteiger partial charge in [-0.25, -0.2) is 0 Å². The lowest BCUT2D eigenvalue weighted by Gasteiger charge is -2.45. The van der Waals surface area contributed by atoms with Gasteiger partial charge in [-0.2, -0.15) is 5.26 Å². The molecule has 1 saturated carbocycles. The largest absolute Gasteiger partial charge is 0.381 e. The fraction of sp³-hybridized carbons (Fsp3) is 0.438. The van der Waals surface area contributed by atoms with Crippen molar-refractivity contribution in [3.63, 3.8) is 0 Å². The molecule has 0 amide bonds. The van der Waals surface area contributed by atoms with E-state index in [0.29, 0.717) is 18.8 Å². The lowest BCUT2D eigenvalue weighted by Crippen LogP contribution is -2.52. The normalized spacial score (nSPS) is 22.6. The number of allylic oxidation sites excluding steroid dienone is 2. The Bertz CT molecular complexity index is 1420. The van der Waals surface area contributed by atoms with Crippen molar-refractivity contribution >= 4 is 17.0 Å². The van der Waals surface area contributed by atoms with Gasteiger partial charge >= 0.3 is 0 Å². The van der Waals surface area contributed by atoms with Crippen molar-refractivity contribution in [2.75, 3.05) is 44.3 Å². The maximum atomic E-state index is 14.1. The molecule has 7 rings (SSSR count). The average Bonchev–Trinajstić information content (AvgIpc) is 3.31. The summed E-state index contributed by atoms with van der Waals surface area (Å²) in [5.41, 5.74) is 8.31. The number of hydrogen-bond acceptors (Lipinski definition) is 5. The maximum absolute atomic E-state index is 14.1. The number of piperazine rings is 1. The van der Waals surface area contributed by atoms with Crippen molar-refractivity contribution in [1.82, 2.24) is 4.90 Å². The van der Waals surface area contributed by atoms with E-state index in [1.165, 1.54) is 24.8 Å². The third kappa shape index (κ3) is 3.35. The van der Waals surface area contributed by atoms with E-state index >= 15 is 0 Å². The van der Waals surface area contributed by atoms with Crippen LogP contribution in [0.4, 0.5) is 5.69 Å². The van der Waals surface area contributed by atoms with Crippen LogP contribution in [0.2, 0.25) is 0 Å². The number of ketones is 1. The summed E-state index contributed by atoms with van der Waals surface area (Å²) in [6, 6.07) is 13.0. The van der Waals surface area contributed by atoms with Gasteiger partial charge in [-0.15, -0.1) is 6.42 Å². The first-order valence-electron chi connectivity index (χ1n) is 13.7. The molecule has 2 aromatic carbocycles. The van der Waals surface area contributed by atoms with Crippen molar-refractivity contribution in [2.45, 2.75) is 50.0 Å². The molecule has 0 atom stereocenters. The second-order valence-electron chi connectivity index (χ2n) is 11.2. The fourth-order valence-corrected chi connectivity index (χ4v) is 7.38. The van der Waals surface area contributed by atoms with Crippen LogP contribution < -0.4 is 4.90 Å². The first kappa shape index (κ1) is 22.8. The van der Waals surface area contributed by atoms with E-state index in [-0.39, 0.29) is 11.2 Å². The molecular weight excluding hydrogens is 458 g/mol. The van der Waals surface area contributed by atoms with Crippen LogP contribution in [-0.4, -0.2) is 56.1 Å². The molecule has 3 fully saturated rings. The topological polar surface area (TPSA) is 56.6 Å². The molecule has 5 heteroatoms. The van der Waals surface area contributed by atoms with E-state index in [0.717, 1.165) is 90.6 Å². The van der Waals surface area contributed by atoms with Gasteiger partial charge in [0.25, 0.3) is 0 Å². The van der Waals surface area contributed by atoms with Crippen LogP contribution in [0.15, 0.2) is 35.9 Å². The molecule has 5 nitrogen and oxygen atoms in total. The number of terminal acetylenes is 1. The van der Waals surface area contributed by atoms with Gasteiger partial charge in [0.15, 0.2) is 5.78 Å². The van der Waals surface area contributed by atoms with Crippen LogP contribution in [0, 0.1) is 23.7 Å². The van der Waals surface area contributed by atoms with Crippen molar-refractivity contribution in [3.8, 4) is 18.4 Å². The molecule has 0 aromatic heterocycles. The molecule has 2 saturated heterocycles. The molecule has 186 valence electrons. The number of ether oxygens (including phenoxy) is 1. The van der Waals surface area contributed by atoms with Crippen molar-refractivity contribution in [1.29, 1.82) is 5.26 Å². The summed E-state index contributed by atoms with van der Waals surface area (Å²) >= 11 is 0. The van der Waals surface area contributed by atoms with Gasteiger partial charge in [0.2, 0.25) is 0 Å². The third-order valence-electron chi connectivity index (χ3n) is 9.62. The van der Waals surface area contributed by atoms with E-state index in [1.807, 2.05) is 24.3 Å². The highest BCUT2D eigenvalue weighted by Crippen LogP contribution is 2.55. The summed E-state index contributed by atoms with van der Waals surface area (Å²) in [5, 5.41) is 9.47. The van der Waals surface area contributed by atoms with Gasteiger partial charge in [0.05, 0.1) is 17.3 Å². The highest BCUT2D eigenvalue weighted by Gasteiger charge is 2.49. The molecule has 0 bridgehead atoms. The van der Waals surface area contributed by atoms with Crippen LogP contribution in [0.1, 0.15) is 70.3 Å². The Morgan fingerprint density at radius 1 is 1.03 bits per heavy atom. The standard InChI is InChI=1S/C32H31N3O2/c1-2-22-17-26-27(19-29(22)35-12-10-34(11-13-35)24-4-3-5-24)32(8-14-37-15-9-32)28-18-23-16-21(20-33)6-7-25(23)30(28)31(26)36/h1,6-7,16-17,19,24H,3-5,8-15,18H2. The van der Waals surface area contributed by atoms with Crippen LogP contribution >= 0.6 is 0 Å². The number of hydrogen-bond donors (Lipinski definition) is 0. The number of anilines is 1. The third-order valence-corrected chi connectivity index (χ3v) is 9.62. The van der Waals surface area contributed by atoms with Gasteiger partial charge in [0.1, 0.15) is 0 Å². The Kier molecular flexibility index (Phi) is 5.29. The van der Waals surface area contributed by atoms with Crippen LogP contribution in [0.5, 0.6) is 0 Å². The minimum Gasteiger partial charge on any atom is -0.381 e. The molecular formula is C32H31N3O2. The number of carbonyl (C=O) groups is 1. The van der Waals surface area contributed by atoms with Crippen LogP contribution in [0.25, 0.3) is 5.57 Å². The zero-order chi connectivity index (χ0) is 25.1. The summed E-state index contributed by atoms with van der Waals surface area (Å²) in [6.45, 7) is 5.41. The Morgan fingerprint density at radius 3 is 2.49 bits per heavy atom. The molecule has 2 heterocycles. The second-order valence-corrected chi connectivity index (χ2v) is 11.2. The summed E-state index contributed by atoms with van der Waals surface area (Å²) in [5.74, 6) is 2.99.